The Morgan fingerprint density at radius 2 is 1.84 bits per heavy atom. The number of hydrogen-bond donors (Lipinski definition) is 2. The molecule has 2 amide bonds. The molecule has 3 heterocycles. The number of nitrogens with one attached hydrogen (secondary N) is 2. The molecule has 3 aromatic rings. The minimum absolute atomic E-state index is 0.0896. The number of carbonyl (C=O) groups excluding carboxylic acids is 2. The second kappa shape index (κ2) is 12.7. The molecule has 44 heavy (non-hydrogen) atoms. The summed E-state index contributed by atoms with van der Waals surface area (Å²) >= 11 is 0. The summed E-state index contributed by atoms with van der Waals surface area (Å²) in [5.41, 5.74) is 3.42. The van der Waals surface area contributed by atoms with Crippen molar-refractivity contribution in [3.05, 3.63) is 66.0 Å². The number of hydrogen-bond acceptors (Lipinski definition) is 7. The van der Waals surface area contributed by atoms with Crippen molar-refractivity contribution in [1.82, 2.24) is 25.3 Å². The van der Waals surface area contributed by atoms with Crippen LogP contribution >= 0.6 is 0 Å². The van der Waals surface area contributed by atoms with Crippen LogP contribution in [0.15, 0.2) is 54.9 Å². The van der Waals surface area contributed by atoms with Crippen LogP contribution < -0.4 is 15.0 Å². The van der Waals surface area contributed by atoms with Crippen LogP contribution in [0.2, 0.25) is 0 Å². The van der Waals surface area contributed by atoms with E-state index in [1.54, 1.807) is 26.1 Å². The second-order valence-electron chi connectivity index (χ2n) is 12.6. The highest BCUT2D eigenvalue weighted by molar-refractivity contribution is 5.85. The maximum Gasteiger partial charge on any atom is 0.266 e. The van der Waals surface area contributed by atoms with Gasteiger partial charge in [0.05, 0.1) is 17.7 Å². The van der Waals surface area contributed by atoms with Crippen LogP contribution in [0.25, 0.3) is 11.1 Å². The monoisotopic (exact) mass is 595 g/mol. The van der Waals surface area contributed by atoms with E-state index in [0.717, 1.165) is 67.7 Å². The highest BCUT2D eigenvalue weighted by Crippen LogP contribution is 2.35. The van der Waals surface area contributed by atoms with Crippen LogP contribution in [0.3, 0.4) is 0 Å². The molecule has 10 nitrogen and oxygen atoms in total. The number of H-pyrrole nitrogens is 1. The third-order valence-electron chi connectivity index (χ3n) is 8.91. The zero-order valence-electron chi connectivity index (χ0n) is 25.6. The number of ether oxygens (including phenoxy) is 1. The van der Waals surface area contributed by atoms with Gasteiger partial charge in [-0.3, -0.25) is 14.7 Å². The first kappa shape index (κ1) is 29.7. The van der Waals surface area contributed by atoms with Crippen molar-refractivity contribution in [1.29, 1.82) is 5.26 Å². The van der Waals surface area contributed by atoms with Crippen LogP contribution in [0.1, 0.15) is 50.7 Å². The van der Waals surface area contributed by atoms with Gasteiger partial charge in [-0.1, -0.05) is 24.3 Å². The second-order valence-corrected chi connectivity index (χ2v) is 12.6. The molecule has 2 aliphatic heterocycles. The molecule has 0 bridgehead atoms. The molecule has 2 saturated heterocycles. The van der Waals surface area contributed by atoms with Gasteiger partial charge in [-0.2, -0.15) is 10.4 Å². The van der Waals surface area contributed by atoms with E-state index in [0.29, 0.717) is 43.5 Å². The third-order valence-corrected chi connectivity index (χ3v) is 8.91. The molecule has 3 aliphatic rings. The van der Waals surface area contributed by atoms with Gasteiger partial charge in [-0.15, -0.1) is 0 Å². The van der Waals surface area contributed by atoms with Crippen molar-refractivity contribution < 1.29 is 14.3 Å². The van der Waals surface area contributed by atoms with Crippen LogP contribution in [0, 0.1) is 17.2 Å². The number of nitriles is 1. The van der Waals surface area contributed by atoms with E-state index < -0.39 is 5.60 Å². The van der Waals surface area contributed by atoms with Crippen molar-refractivity contribution in [3.63, 3.8) is 0 Å². The number of anilines is 1. The van der Waals surface area contributed by atoms with Crippen LogP contribution in [0.5, 0.6) is 5.75 Å². The Balaban J connectivity index is 1.14. The number of aromatic amines is 1. The van der Waals surface area contributed by atoms with E-state index in [4.69, 9.17) is 4.74 Å². The summed E-state index contributed by atoms with van der Waals surface area (Å²) in [6.45, 7) is 8.33. The zero-order chi connectivity index (χ0) is 30.7. The minimum Gasteiger partial charge on any atom is -0.477 e. The van der Waals surface area contributed by atoms with Gasteiger partial charge in [0.1, 0.15) is 11.8 Å². The first-order valence-corrected chi connectivity index (χ1v) is 15.7. The molecule has 1 saturated carbocycles. The predicted molar refractivity (Wildman–Crippen MR) is 168 cm³/mol. The van der Waals surface area contributed by atoms with Crippen molar-refractivity contribution in [2.24, 2.45) is 5.92 Å². The Labute approximate surface area is 259 Å². The molecule has 2 aromatic carbocycles. The number of piperidine rings is 1. The summed E-state index contributed by atoms with van der Waals surface area (Å²) < 4.78 is 6.28. The molecule has 2 N–H and O–H groups in total. The molecule has 1 atom stereocenters. The van der Waals surface area contributed by atoms with E-state index in [-0.39, 0.29) is 17.7 Å². The Bertz CT molecular complexity index is 1500. The van der Waals surface area contributed by atoms with E-state index >= 15 is 0 Å². The summed E-state index contributed by atoms with van der Waals surface area (Å²) in [6, 6.07) is 16.4. The van der Waals surface area contributed by atoms with Gasteiger partial charge in [0, 0.05) is 75.4 Å². The van der Waals surface area contributed by atoms with E-state index in [9.17, 15) is 14.9 Å². The number of rotatable bonds is 9. The van der Waals surface area contributed by atoms with Gasteiger partial charge < -0.3 is 24.8 Å². The average Bonchev–Trinajstić information content (AvgIpc) is 3.75. The average molecular weight is 596 g/mol. The van der Waals surface area contributed by atoms with Gasteiger partial charge in [0.15, 0.2) is 5.60 Å². The molecule has 3 fully saturated rings. The first-order valence-electron chi connectivity index (χ1n) is 15.7. The van der Waals surface area contributed by atoms with E-state index in [1.807, 2.05) is 23.2 Å². The standard InChI is InChI=1S/C34H41N7O3/c1-34(2,33(43)39-16-13-36-14-17-39)44-31-18-30(10-9-26(31)19-35)40-15-3-4-27(23-40)32(42)41(29-11-12-29)22-24-5-7-25(8-6-24)28-20-37-38-21-28/h5-10,18,20-21,27,29,36H,3-4,11-17,22-23H2,1-2H3,(H,37,38). The molecule has 0 radical (unpaired) electrons. The summed E-state index contributed by atoms with van der Waals surface area (Å²) in [5.74, 6) is 0.405. The fourth-order valence-electron chi connectivity index (χ4n) is 6.28. The zero-order valence-corrected chi connectivity index (χ0v) is 25.6. The quantitative estimate of drug-likeness (QED) is 0.385. The Hall–Kier alpha value is -4.36. The lowest BCUT2D eigenvalue weighted by Crippen LogP contribution is -2.54. The Morgan fingerprint density at radius 1 is 1.07 bits per heavy atom. The van der Waals surface area contributed by atoms with E-state index in [1.165, 1.54) is 0 Å². The maximum absolute atomic E-state index is 14.0. The number of benzene rings is 2. The van der Waals surface area contributed by atoms with Gasteiger partial charge in [-0.05, 0) is 62.8 Å². The topological polar surface area (TPSA) is 118 Å². The molecule has 230 valence electrons. The molecule has 1 aromatic heterocycles. The first-order chi connectivity index (χ1) is 21.3. The lowest BCUT2D eigenvalue weighted by atomic mass is 9.95. The van der Waals surface area contributed by atoms with Gasteiger partial charge >= 0.3 is 0 Å². The van der Waals surface area contributed by atoms with Crippen molar-refractivity contribution >= 4 is 17.5 Å². The van der Waals surface area contributed by atoms with Crippen molar-refractivity contribution in [2.45, 2.75) is 57.7 Å². The fourth-order valence-corrected chi connectivity index (χ4v) is 6.28. The van der Waals surface area contributed by atoms with E-state index in [2.05, 4.69) is 55.6 Å². The van der Waals surface area contributed by atoms with Crippen LogP contribution in [0.4, 0.5) is 5.69 Å². The lowest BCUT2D eigenvalue weighted by molar-refractivity contribution is -0.146. The highest BCUT2D eigenvalue weighted by atomic mass is 16.5. The molecule has 1 unspecified atom stereocenters. The summed E-state index contributed by atoms with van der Waals surface area (Å²) in [5, 5.41) is 20.0. The molecule has 0 spiro atoms. The molecular formula is C34H41N7O3. The number of nitrogens with zero attached hydrogens (tertiary/aromatic N) is 5. The van der Waals surface area contributed by atoms with Gasteiger partial charge in [0.2, 0.25) is 5.91 Å². The fraction of sp³-hybridized carbons (Fsp3) is 0.471. The number of carbonyl (C=O) groups is 2. The van der Waals surface area contributed by atoms with Crippen LogP contribution in [-0.4, -0.2) is 82.7 Å². The van der Waals surface area contributed by atoms with Crippen molar-refractivity contribution in [2.75, 3.05) is 44.2 Å². The Kier molecular flexibility index (Phi) is 8.58. The maximum atomic E-state index is 14.0. The molecule has 6 rings (SSSR count). The predicted octanol–water partition coefficient (Wildman–Crippen LogP) is 3.95. The number of amides is 2. The number of piperazine rings is 1. The molecular weight excluding hydrogens is 554 g/mol. The minimum atomic E-state index is -1.12. The Morgan fingerprint density at radius 3 is 2.52 bits per heavy atom. The van der Waals surface area contributed by atoms with Gasteiger partial charge in [-0.25, -0.2) is 0 Å². The van der Waals surface area contributed by atoms with Crippen LogP contribution in [-0.2, 0) is 16.1 Å². The molecule has 10 heteroatoms. The summed E-state index contributed by atoms with van der Waals surface area (Å²) in [7, 11) is 0. The summed E-state index contributed by atoms with van der Waals surface area (Å²) in [4.78, 5) is 33.4. The third kappa shape index (κ3) is 6.58. The lowest BCUT2D eigenvalue weighted by Gasteiger charge is -2.37. The normalized spacial score (nSPS) is 18.9. The molecule has 1 aliphatic carbocycles. The summed E-state index contributed by atoms with van der Waals surface area (Å²) in [6.07, 6.45) is 7.53. The SMILES string of the molecule is CC(C)(Oc1cc(N2CCCC(C(=O)N(Cc3ccc(-c4cn[nH]c4)cc3)C3CC3)C2)ccc1C#N)C(=O)N1CCNCC1. The smallest absolute Gasteiger partial charge is 0.266 e. The largest absolute Gasteiger partial charge is 0.477 e. The highest BCUT2D eigenvalue weighted by Gasteiger charge is 2.38. The number of aromatic nitrogens is 2. The van der Waals surface area contributed by atoms with Gasteiger partial charge in [0.25, 0.3) is 5.91 Å². The van der Waals surface area contributed by atoms with Crippen molar-refractivity contribution in [3.8, 4) is 22.9 Å².